The van der Waals surface area contributed by atoms with Crippen molar-refractivity contribution in [3.8, 4) is 0 Å². The van der Waals surface area contributed by atoms with Crippen molar-refractivity contribution in [2.24, 2.45) is 23.5 Å². The summed E-state index contributed by atoms with van der Waals surface area (Å²) >= 11 is 0. The molecule has 0 aromatic rings. The molecule has 3 nitrogen and oxygen atoms in total. The molecule has 0 aromatic heterocycles. The Morgan fingerprint density at radius 1 is 1.25 bits per heavy atom. The Morgan fingerprint density at radius 3 is 2.44 bits per heavy atom. The molecule has 2 saturated carbocycles. The van der Waals surface area contributed by atoms with E-state index in [-0.39, 0.29) is 11.8 Å². The van der Waals surface area contributed by atoms with Crippen LogP contribution < -0.4 is 11.1 Å². The minimum atomic E-state index is 0.228. The van der Waals surface area contributed by atoms with E-state index >= 15 is 0 Å². The number of carbonyl (C=O) groups is 1. The molecule has 0 aliphatic heterocycles. The van der Waals surface area contributed by atoms with Gasteiger partial charge in [0.1, 0.15) is 0 Å². The third kappa shape index (κ3) is 3.21. The summed E-state index contributed by atoms with van der Waals surface area (Å²) in [6.07, 6.45) is 7.09. The van der Waals surface area contributed by atoms with E-state index < -0.39 is 0 Å². The average molecular weight is 224 g/mol. The zero-order valence-electron chi connectivity index (χ0n) is 10.2. The predicted octanol–water partition coefficient (Wildman–Crippen LogP) is 1.67. The minimum Gasteiger partial charge on any atom is -0.356 e. The van der Waals surface area contributed by atoms with E-state index in [0.717, 1.165) is 19.4 Å². The van der Waals surface area contributed by atoms with Gasteiger partial charge in [-0.05, 0) is 50.4 Å². The highest BCUT2D eigenvalue weighted by Crippen LogP contribution is 2.36. The molecule has 0 aromatic carbocycles. The lowest BCUT2D eigenvalue weighted by molar-refractivity contribution is -0.125. The van der Waals surface area contributed by atoms with Crippen LogP contribution in [0.3, 0.4) is 0 Å². The molecule has 0 bridgehead atoms. The first-order chi connectivity index (χ1) is 7.66. The molecule has 2 aliphatic rings. The average Bonchev–Trinajstić information content (AvgIpc) is 3.11. The lowest BCUT2D eigenvalue weighted by atomic mass is 9.86. The van der Waals surface area contributed by atoms with Crippen molar-refractivity contribution < 1.29 is 4.79 Å². The number of amides is 1. The number of rotatable bonds is 4. The molecule has 2 fully saturated rings. The maximum Gasteiger partial charge on any atom is 0.223 e. The van der Waals surface area contributed by atoms with Gasteiger partial charge in [0.2, 0.25) is 5.91 Å². The third-order valence-electron chi connectivity index (χ3n) is 4.20. The highest BCUT2D eigenvalue weighted by atomic mass is 16.1. The number of hydrogen-bond acceptors (Lipinski definition) is 2. The Hall–Kier alpha value is -0.570. The molecular weight excluding hydrogens is 200 g/mol. The van der Waals surface area contributed by atoms with Gasteiger partial charge in [-0.15, -0.1) is 0 Å². The monoisotopic (exact) mass is 224 g/mol. The van der Waals surface area contributed by atoms with Gasteiger partial charge in [0.05, 0.1) is 0 Å². The van der Waals surface area contributed by atoms with Crippen LogP contribution in [-0.2, 0) is 4.79 Å². The fraction of sp³-hybridized carbons (Fsp3) is 0.923. The molecule has 2 aliphatic carbocycles. The normalized spacial score (nSPS) is 32.1. The molecule has 16 heavy (non-hydrogen) atoms. The van der Waals surface area contributed by atoms with Crippen LogP contribution in [0.1, 0.15) is 45.4 Å². The zero-order chi connectivity index (χ0) is 11.5. The molecular formula is C13H24N2O. The summed E-state index contributed by atoms with van der Waals surface area (Å²) in [6, 6.07) is 0.400. The predicted molar refractivity (Wildman–Crippen MR) is 64.8 cm³/mol. The van der Waals surface area contributed by atoms with Gasteiger partial charge in [-0.3, -0.25) is 4.79 Å². The fourth-order valence-corrected chi connectivity index (χ4v) is 2.61. The second kappa shape index (κ2) is 5.17. The Morgan fingerprint density at radius 2 is 1.88 bits per heavy atom. The second-order valence-electron chi connectivity index (χ2n) is 5.65. The number of hydrogen-bond donors (Lipinski definition) is 2. The van der Waals surface area contributed by atoms with Gasteiger partial charge in [-0.25, -0.2) is 0 Å². The molecule has 2 rings (SSSR count). The highest BCUT2D eigenvalue weighted by molar-refractivity contribution is 5.78. The van der Waals surface area contributed by atoms with E-state index in [1.54, 1.807) is 0 Å². The smallest absolute Gasteiger partial charge is 0.223 e. The van der Waals surface area contributed by atoms with E-state index in [1.165, 1.54) is 25.7 Å². The van der Waals surface area contributed by atoms with Crippen molar-refractivity contribution in [3.05, 3.63) is 0 Å². The van der Waals surface area contributed by atoms with Crippen molar-refractivity contribution in [2.45, 2.75) is 51.5 Å². The van der Waals surface area contributed by atoms with Gasteiger partial charge in [0, 0.05) is 18.5 Å². The summed E-state index contributed by atoms with van der Waals surface area (Å²) in [5.41, 5.74) is 5.86. The zero-order valence-corrected chi connectivity index (χ0v) is 10.2. The van der Waals surface area contributed by atoms with Crippen molar-refractivity contribution in [1.29, 1.82) is 0 Å². The molecule has 1 unspecified atom stereocenters. The van der Waals surface area contributed by atoms with Gasteiger partial charge >= 0.3 is 0 Å². The Kier molecular flexibility index (Phi) is 3.85. The largest absolute Gasteiger partial charge is 0.356 e. The van der Waals surface area contributed by atoms with Gasteiger partial charge in [-0.1, -0.05) is 6.92 Å². The molecule has 0 spiro atoms. The molecule has 92 valence electrons. The number of carbonyl (C=O) groups excluding carboxylic acids is 1. The minimum absolute atomic E-state index is 0.228. The lowest BCUT2D eigenvalue weighted by Crippen LogP contribution is -2.36. The Labute approximate surface area is 98.2 Å². The van der Waals surface area contributed by atoms with Crippen molar-refractivity contribution >= 4 is 5.91 Å². The summed E-state index contributed by atoms with van der Waals surface area (Å²) in [6.45, 7) is 2.92. The Balaban J connectivity index is 1.64. The van der Waals surface area contributed by atoms with Crippen LogP contribution in [-0.4, -0.2) is 18.5 Å². The van der Waals surface area contributed by atoms with Crippen molar-refractivity contribution in [1.82, 2.24) is 5.32 Å². The number of nitrogens with one attached hydrogen (secondary N) is 1. The van der Waals surface area contributed by atoms with Crippen molar-refractivity contribution in [2.75, 3.05) is 6.54 Å². The Bertz CT molecular complexity index is 242. The first-order valence-corrected chi connectivity index (χ1v) is 6.70. The maximum absolute atomic E-state index is 11.8. The highest BCUT2D eigenvalue weighted by Gasteiger charge is 2.32. The quantitative estimate of drug-likeness (QED) is 0.763. The van der Waals surface area contributed by atoms with Crippen LogP contribution in [0.25, 0.3) is 0 Å². The fourth-order valence-electron chi connectivity index (χ4n) is 2.61. The lowest BCUT2D eigenvalue weighted by Gasteiger charge is -2.26. The first kappa shape index (κ1) is 11.9. The topological polar surface area (TPSA) is 55.1 Å². The van der Waals surface area contributed by atoms with Crippen LogP contribution in [0.5, 0.6) is 0 Å². The van der Waals surface area contributed by atoms with Crippen LogP contribution >= 0.6 is 0 Å². The standard InChI is InChI=1S/C13H24N2O/c1-9(11-4-5-11)13(16)15-8-10-2-6-12(14)7-3-10/h9-12H,2-8,14H2,1H3,(H,15,16). The molecule has 0 heterocycles. The van der Waals surface area contributed by atoms with Crippen LogP contribution in [0.15, 0.2) is 0 Å². The van der Waals surface area contributed by atoms with Crippen LogP contribution in [0, 0.1) is 17.8 Å². The summed E-state index contributed by atoms with van der Waals surface area (Å²) in [7, 11) is 0. The molecule has 0 saturated heterocycles. The van der Waals surface area contributed by atoms with E-state index in [0.29, 0.717) is 17.9 Å². The summed E-state index contributed by atoms with van der Waals surface area (Å²) in [5, 5.41) is 3.11. The summed E-state index contributed by atoms with van der Waals surface area (Å²) in [5.74, 6) is 1.82. The third-order valence-corrected chi connectivity index (χ3v) is 4.20. The van der Waals surface area contributed by atoms with Crippen LogP contribution in [0.2, 0.25) is 0 Å². The SMILES string of the molecule is CC(C(=O)NCC1CCC(N)CC1)C1CC1. The molecule has 3 heteroatoms. The van der Waals surface area contributed by atoms with Crippen LogP contribution in [0.4, 0.5) is 0 Å². The van der Waals surface area contributed by atoms with Gasteiger partial charge in [-0.2, -0.15) is 0 Å². The summed E-state index contributed by atoms with van der Waals surface area (Å²) < 4.78 is 0. The van der Waals surface area contributed by atoms with Gasteiger partial charge in [0.25, 0.3) is 0 Å². The summed E-state index contributed by atoms with van der Waals surface area (Å²) in [4.78, 5) is 11.8. The molecule has 0 radical (unpaired) electrons. The van der Waals surface area contributed by atoms with E-state index in [9.17, 15) is 4.79 Å². The molecule has 1 atom stereocenters. The van der Waals surface area contributed by atoms with E-state index in [1.807, 2.05) is 0 Å². The second-order valence-corrected chi connectivity index (χ2v) is 5.65. The van der Waals surface area contributed by atoms with Crippen molar-refractivity contribution in [3.63, 3.8) is 0 Å². The maximum atomic E-state index is 11.8. The van der Waals surface area contributed by atoms with E-state index in [4.69, 9.17) is 5.73 Å². The first-order valence-electron chi connectivity index (χ1n) is 6.70. The molecule has 1 amide bonds. The van der Waals surface area contributed by atoms with Gasteiger partial charge < -0.3 is 11.1 Å². The van der Waals surface area contributed by atoms with E-state index in [2.05, 4.69) is 12.2 Å². The number of nitrogens with two attached hydrogens (primary N) is 1. The molecule has 3 N–H and O–H groups in total. The van der Waals surface area contributed by atoms with Gasteiger partial charge in [0.15, 0.2) is 0 Å².